The van der Waals surface area contributed by atoms with E-state index < -0.39 is 31.7 Å². The van der Waals surface area contributed by atoms with Crippen LogP contribution in [0, 0.1) is 5.92 Å². The zero-order valence-electron chi connectivity index (χ0n) is 19.0. The molecule has 3 rings (SSSR count). The molecule has 0 saturated heterocycles. The van der Waals surface area contributed by atoms with Crippen molar-refractivity contribution in [1.82, 2.24) is 5.32 Å². The average molecular weight is 479 g/mol. The molecular formula is C27H29NO5P+. The van der Waals surface area contributed by atoms with Crippen molar-refractivity contribution in [1.29, 1.82) is 0 Å². The molecule has 3 atom stereocenters. The summed E-state index contributed by atoms with van der Waals surface area (Å²) in [6, 6.07) is 29.1. The lowest BCUT2D eigenvalue weighted by Gasteiger charge is -2.37. The first kappa shape index (κ1) is 25.3. The summed E-state index contributed by atoms with van der Waals surface area (Å²) in [5.74, 6) is -3.39. The van der Waals surface area contributed by atoms with Gasteiger partial charge in [0, 0.05) is 6.42 Å². The van der Waals surface area contributed by atoms with Crippen LogP contribution in [-0.2, 0) is 24.4 Å². The molecule has 2 N–H and O–H groups in total. The molecule has 0 saturated carbocycles. The van der Waals surface area contributed by atoms with Crippen molar-refractivity contribution in [2.24, 2.45) is 5.92 Å². The summed E-state index contributed by atoms with van der Waals surface area (Å²) < 4.78 is 16.3. The predicted octanol–water partition coefficient (Wildman–Crippen LogP) is 4.40. The molecule has 0 aliphatic heterocycles. The van der Waals surface area contributed by atoms with Crippen LogP contribution >= 0.6 is 8.46 Å². The Morgan fingerprint density at radius 1 is 0.882 bits per heavy atom. The molecule has 3 aromatic carbocycles. The highest BCUT2D eigenvalue weighted by atomic mass is 31.1. The molecule has 176 valence electrons. The summed E-state index contributed by atoms with van der Waals surface area (Å²) in [7, 11) is -1.09. The smallest absolute Gasteiger partial charge is 0.357 e. The molecule has 3 aromatic rings. The van der Waals surface area contributed by atoms with Gasteiger partial charge < -0.3 is 15.2 Å². The summed E-state index contributed by atoms with van der Waals surface area (Å²) >= 11 is 0. The lowest BCUT2D eigenvalue weighted by Crippen LogP contribution is -2.48. The first-order valence-corrected chi connectivity index (χ1v) is 12.2. The first-order valence-electron chi connectivity index (χ1n) is 11.2. The van der Waals surface area contributed by atoms with Gasteiger partial charge in [-0.05, 0) is 30.0 Å². The van der Waals surface area contributed by atoms with E-state index in [1.54, 1.807) is 6.92 Å². The summed E-state index contributed by atoms with van der Waals surface area (Å²) in [6.07, 6.45) is -0.0468. The van der Waals surface area contributed by atoms with Crippen LogP contribution < -0.4 is 5.32 Å². The van der Waals surface area contributed by atoms with Crippen molar-refractivity contribution >= 4 is 20.3 Å². The average Bonchev–Trinajstić information content (AvgIpc) is 2.89. The topological polar surface area (TPSA) is 92.7 Å². The minimum absolute atomic E-state index is 0.00945. The van der Waals surface area contributed by atoms with Crippen LogP contribution in [0.1, 0.15) is 36.5 Å². The zero-order chi connectivity index (χ0) is 24.4. The fourth-order valence-corrected chi connectivity index (χ4v) is 4.54. The molecule has 1 amide bonds. The van der Waals surface area contributed by atoms with Crippen LogP contribution in [0.15, 0.2) is 91.0 Å². The third-order valence-electron chi connectivity index (χ3n) is 5.72. The Morgan fingerprint density at radius 2 is 1.32 bits per heavy atom. The van der Waals surface area contributed by atoms with Gasteiger partial charge in [-0.3, -0.25) is 9.59 Å². The molecule has 6 nitrogen and oxygen atoms in total. The Morgan fingerprint density at radius 3 is 1.71 bits per heavy atom. The Balaban J connectivity index is 1.98. The molecule has 0 aliphatic carbocycles. The highest BCUT2D eigenvalue weighted by Gasteiger charge is 2.39. The van der Waals surface area contributed by atoms with E-state index in [9.17, 15) is 19.3 Å². The highest BCUT2D eigenvalue weighted by molar-refractivity contribution is 7.24. The van der Waals surface area contributed by atoms with Gasteiger partial charge in [0.1, 0.15) is 11.5 Å². The van der Waals surface area contributed by atoms with Crippen LogP contribution in [0.4, 0.5) is 0 Å². The van der Waals surface area contributed by atoms with Gasteiger partial charge in [0.05, 0.1) is 6.61 Å². The summed E-state index contributed by atoms with van der Waals surface area (Å²) in [4.78, 5) is 25.6. The Kier molecular flexibility index (Phi) is 9.08. The second kappa shape index (κ2) is 12.2. The Hall–Kier alpha value is -3.34. The highest BCUT2D eigenvalue weighted by Crippen LogP contribution is 2.37. The number of benzene rings is 3. The van der Waals surface area contributed by atoms with Gasteiger partial charge in [-0.2, -0.15) is 0 Å². The number of rotatable bonds is 11. The number of carbonyl (C=O) groups is 2. The number of hydrogen-bond donors (Lipinski definition) is 2. The van der Waals surface area contributed by atoms with Crippen molar-refractivity contribution in [2.45, 2.75) is 31.1 Å². The number of amides is 1. The molecular weight excluding hydrogens is 449 g/mol. The predicted molar refractivity (Wildman–Crippen MR) is 132 cm³/mol. The van der Waals surface area contributed by atoms with Gasteiger partial charge in [-0.1, -0.05) is 95.6 Å². The number of ether oxygens (including phenoxy) is 1. The maximum absolute atomic E-state index is 13.4. The van der Waals surface area contributed by atoms with Gasteiger partial charge in [0.2, 0.25) is 5.91 Å². The van der Waals surface area contributed by atoms with Crippen molar-refractivity contribution < 1.29 is 24.0 Å². The molecule has 0 fully saturated rings. The molecule has 0 heterocycles. The fourth-order valence-electron chi connectivity index (χ4n) is 4.08. The molecule has 0 aromatic heterocycles. The van der Waals surface area contributed by atoms with Crippen LogP contribution in [0.25, 0.3) is 0 Å². The van der Waals surface area contributed by atoms with Gasteiger partial charge in [0.15, 0.2) is 0 Å². The first-order chi connectivity index (χ1) is 16.5. The molecule has 0 bridgehead atoms. The Labute approximate surface area is 201 Å². The molecule has 0 spiro atoms. The number of hydrogen-bond acceptors (Lipinski definition) is 5. The van der Waals surface area contributed by atoms with Gasteiger partial charge >= 0.3 is 14.4 Å². The van der Waals surface area contributed by atoms with E-state index in [2.05, 4.69) is 5.32 Å². The minimum atomic E-state index is -1.38. The standard InChI is InChI=1S/C27H28NO5P/c1-2-33-25(30)23(26(31)34-32)18-19-24(29)28-27(20-12-6-3-7-13-20,21-14-8-4-9-15-21)22-16-10-5-11-17-22/h3-17,23,26,31H,2,18-19H2,1H3,(H,28,29)/p+1. The molecule has 0 radical (unpaired) electrons. The van der Waals surface area contributed by atoms with Crippen molar-refractivity contribution in [3.63, 3.8) is 0 Å². The van der Waals surface area contributed by atoms with E-state index in [-0.39, 0.29) is 25.4 Å². The molecule has 3 unspecified atom stereocenters. The van der Waals surface area contributed by atoms with Crippen LogP contribution in [0.3, 0.4) is 0 Å². The maximum Gasteiger partial charge on any atom is 0.357 e. The maximum atomic E-state index is 13.4. The third kappa shape index (κ3) is 5.77. The monoisotopic (exact) mass is 478 g/mol. The largest absolute Gasteiger partial charge is 0.466 e. The zero-order valence-corrected chi connectivity index (χ0v) is 20.0. The van der Waals surface area contributed by atoms with E-state index in [1.165, 1.54) is 0 Å². The molecule has 7 heteroatoms. The van der Waals surface area contributed by atoms with Crippen molar-refractivity contribution in [3.8, 4) is 0 Å². The number of esters is 1. The van der Waals surface area contributed by atoms with Gasteiger partial charge in [-0.15, -0.1) is 0 Å². The second-order valence-electron chi connectivity index (χ2n) is 7.86. The van der Waals surface area contributed by atoms with Crippen molar-refractivity contribution in [2.75, 3.05) is 6.61 Å². The summed E-state index contributed by atoms with van der Waals surface area (Å²) in [5, 5.41) is 13.3. The summed E-state index contributed by atoms with van der Waals surface area (Å²) in [6.45, 7) is 1.79. The number of nitrogens with one attached hydrogen (secondary N) is 1. The van der Waals surface area contributed by atoms with E-state index in [0.29, 0.717) is 0 Å². The SMILES string of the molecule is CCOC(=O)C(CCC(=O)NC(c1ccccc1)(c1ccccc1)c1ccccc1)C(O)[PH+]=O. The fraction of sp³-hybridized carbons (Fsp3) is 0.259. The number of aliphatic hydroxyl groups is 1. The van der Waals surface area contributed by atoms with Crippen LogP contribution in [0.2, 0.25) is 0 Å². The number of carbonyl (C=O) groups excluding carboxylic acids is 2. The van der Waals surface area contributed by atoms with E-state index in [4.69, 9.17) is 4.74 Å². The van der Waals surface area contributed by atoms with Crippen molar-refractivity contribution in [3.05, 3.63) is 108 Å². The summed E-state index contributed by atoms with van der Waals surface area (Å²) in [5.41, 5.74) is 1.66. The van der Waals surface area contributed by atoms with Gasteiger partial charge in [0.25, 0.3) is 5.85 Å². The van der Waals surface area contributed by atoms with E-state index >= 15 is 0 Å². The van der Waals surface area contributed by atoms with E-state index in [1.807, 2.05) is 91.0 Å². The lowest BCUT2D eigenvalue weighted by atomic mass is 9.77. The Bertz CT molecular complexity index is 979. The van der Waals surface area contributed by atoms with E-state index in [0.717, 1.165) is 16.7 Å². The minimum Gasteiger partial charge on any atom is -0.466 e. The van der Waals surface area contributed by atoms with Crippen LogP contribution in [0.5, 0.6) is 0 Å². The second-order valence-corrected chi connectivity index (χ2v) is 8.68. The van der Waals surface area contributed by atoms with Crippen LogP contribution in [-0.4, -0.2) is 29.4 Å². The normalized spacial score (nSPS) is 13.1. The lowest BCUT2D eigenvalue weighted by molar-refractivity contribution is -0.150. The van der Waals surface area contributed by atoms with Gasteiger partial charge in [-0.25, -0.2) is 0 Å². The molecule has 34 heavy (non-hydrogen) atoms. The third-order valence-corrected chi connectivity index (χ3v) is 6.36. The number of aliphatic hydroxyl groups excluding tert-OH is 1. The quantitative estimate of drug-likeness (QED) is 0.242. The molecule has 0 aliphatic rings.